The Kier molecular flexibility index (Phi) is 7.54. The number of hydrogen-bond donors (Lipinski definition) is 1. The van der Waals surface area contributed by atoms with Gasteiger partial charge in [0.1, 0.15) is 12.6 Å². The Morgan fingerprint density at radius 1 is 0.973 bits per heavy atom. The minimum atomic E-state index is -0.575. The second-order valence-corrected chi connectivity index (χ2v) is 10.2. The number of hydrogen-bond acceptors (Lipinski definition) is 3. The first-order chi connectivity index (χ1) is 18.1. The summed E-state index contributed by atoms with van der Waals surface area (Å²) in [5.74, 6) is -0.462. The molecule has 192 valence electrons. The van der Waals surface area contributed by atoms with Gasteiger partial charge in [-0.3, -0.25) is 19.3 Å². The fourth-order valence-electron chi connectivity index (χ4n) is 5.80. The molecule has 0 aromatic heterocycles. The van der Waals surface area contributed by atoms with Crippen LogP contribution in [-0.2, 0) is 16.0 Å². The van der Waals surface area contributed by atoms with Crippen LogP contribution in [0.4, 0.5) is 5.69 Å². The molecule has 3 amide bonds. The number of benzene rings is 3. The Morgan fingerprint density at radius 2 is 1.70 bits per heavy atom. The van der Waals surface area contributed by atoms with E-state index in [2.05, 4.69) is 5.32 Å². The lowest BCUT2D eigenvalue weighted by molar-refractivity contribution is -0.140. The molecule has 1 fully saturated rings. The van der Waals surface area contributed by atoms with E-state index in [1.54, 1.807) is 9.80 Å². The predicted octanol–water partition coefficient (Wildman–Crippen LogP) is 5.10. The van der Waals surface area contributed by atoms with Crippen LogP contribution in [0, 0.1) is 0 Å². The maximum Gasteiger partial charge on any atom is 0.259 e. The smallest absolute Gasteiger partial charge is 0.259 e. The van der Waals surface area contributed by atoms with Crippen LogP contribution in [0.15, 0.2) is 66.7 Å². The van der Waals surface area contributed by atoms with Crippen LogP contribution in [0.5, 0.6) is 0 Å². The van der Waals surface area contributed by atoms with E-state index in [1.165, 1.54) is 6.42 Å². The number of amides is 3. The summed E-state index contributed by atoms with van der Waals surface area (Å²) in [6.07, 6.45) is 6.61. The summed E-state index contributed by atoms with van der Waals surface area (Å²) >= 11 is 0. The molecule has 1 N–H and O–H groups in total. The number of nitrogens with one attached hydrogen (secondary N) is 1. The van der Waals surface area contributed by atoms with Crippen molar-refractivity contribution in [2.24, 2.45) is 0 Å². The molecule has 1 heterocycles. The second kappa shape index (κ2) is 11.2. The van der Waals surface area contributed by atoms with Gasteiger partial charge in [-0.25, -0.2) is 0 Å². The number of carbonyl (C=O) groups excluding carboxylic acids is 3. The van der Waals surface area contributed by atoms with Crippen LogP contribution in [0.2, 0.25) is 0 Å². The molecule has 0 spiro atoms. The van der Waals surface area contributed by atoms with Gasteiger partial charge in [-0.1, -0.05) is 80.8 Å². The molecule has 3 aromatic carbocycles. The maximum absolute atomic E-state index is 13.9. The van der Waals surface area contributed by atoms with E-state index in [9.17, 15) is 14.4 Å². The lowest BCUT2D eigenvalue weighted by Crippen LogP contribution is -2.54. The number of carbonyl (C=O) groups is 3. The molecule has 1 saturated carbocycles. The van der Waals surface area contributed by atoms with Crippen LogP contribution in [0.25, 0.3) is 10.8 Å². The zero-order valence-electron chi connectivity index (χ0n) is 21.5. The molecular weight excluding hydrogens is 462 g/mol. The Bertz CT molecular complexity index is 1280. The van der Waals surface area contributed by atoms with Crippen molar-refractivity contribution in [2.75, 3.05) is 18.0 Å². The van der Waals surface area contributed by atoms with Gasteiger partial charge in [-0.15, -0.1) is 0 Å². The minimum Gasteiger partial charge on any atom is -0.352 e. The summed E-state index contributed by atoms with van der Waals surface area (Å²) in [6, 6.07) is 21.1. The van der Waals surface area contributed by atoms with Gasteiger partial charge in [-0.2, -0.15) is 0 Å². The van der Waals surface area contributed by atoms with Crippen molar-refractivity contribution in [3.63, 3.8) is 0 Å². The molecule has 1 aliphatic carbocycles. The standard InChI is InChI=1S/C31H35N3O3/c1-2-26(30(36)32-24-15-7-4-8-16-24)33(20-19-22-11-5-3-6-12-22)28(35)21-34-27-18-10-14-23-13-9-17-25(29(23)27)31(34)37/h3,5-6,9-14,17-18,24,26H,2,4,7-8,15-16,19-21H2,1H3,(H,32,36)/t26-/m1/s1. The molecule has 0 unspecified atom stereocenters. The van der Waals surface area contributed by atoms with Crippen LogP contribution < -0.4 is 10.2 Å². The quantitative estimate of drug-likeness (QED) is 0.447. The van der Waals surface area contributed by atoms with Gasteiger partial charge in [0.05, 0.1) is 5.69 Å². The summed E-state index contributed by atoms with van der Waals surface area (Å²) < 4.78 is 0. The first-order valence-electron chi connectivity index (χ1n) is 13.5. The van der Waals surface area contributed by atoms with Gasteiger partial charge < -0.3 is 10.2 Å². The van der Waals surface area contributed by atoms with Crippen molar-refractivity contribution in [2.45, 2.75) is 64.0 Å². The van der Waals surface area contributed by atoms with Crippen LogP contribution in [-0.4, -0.2) is 47.8 Å². The van der Waals surface area contributed by atoms with E-state index in [-0.39, 0.29) is 30.3 Å². The van der Waals surface area contributed by atoms with Gasteiger partial charge in [-0.05, 0) is 48.8 Å². The summed E-state index contributed by atoms with van der Waals surface area (Å²) in [5, 5.41) is 5.10. The molecule has 0 saturated heterocycles. The van der Waals surface area contributed by atoms with Crippen molar-refractivity contribution in [1.29, 1.82) is 0 Å². The molecule has 5 rings (SSSR count). The third-order valence-electron chi connectivity index (χ3n) is 7.76. The largest absolute Gasteiger partial charge is 0.352 e. The molecule has 37 heavy (non-hydrogen) atoms. The van der Waals surface area contributed by atoms with E-state index in [0.29, 0.717) is 24.9 Å². The topological polar surface area (TPSA) is 69.7 Å². The molecule has 2 aliphatic rings. The van der Waals surface area contributed by atoms with E-state index in [0.717, 1.165) is 47.7 Å². The van der Waals surface area contributed by atoms with Crippen LogP contribution >= 0.6 is 0 Å². The second-order valence-electron chi connectivity index (χ2n) is 10.2. The monoisotopic (exact) mass is 497 g/mol. The highest BCUT2D eigenvalue weighted by molar-refractivity contribution is 6.26. The highest BCUT2D eigenvalue weighted by atomic mass is 16.2. The van der Waals surface area contributed by atoms with Gasteiger partial charge >= 0.3 is 0 Å². The molecule has 6 nitrogen and oxygen atoms in total. The Morgan fingerprint density at radius 3 is 2.43 bits per heavy atom. The average molecular weight is 498 g/mol. The van der Waals surface area contributed by atoms with E-state index < -0.39 is 6.04 Å². The Labute approximate surface area is 218 Å². The van der Waals surface area contributed by atoms with Crippen molar-refractivity contribution >= 4 is 34.2 Å². The van der Waals surface area contributed by atoms with Crippen LogP contribution in [0.3, 0.4) is 0 Å². The summed E-state index contributed by atoms with van der Waals surface area (Å²) in [6.45, 7) is 2.28. The fraction of sp³-hybridized carbons (Fsp3) is 0.387. The fourth-order valence-corrected chi connectivity index (χ4v) is 5.80. The number of rotatable bonds is 9. The van der Waals surface area contributed by atoms with E-state index in [4.69, 9.17) is 0 Å². The van der Waals surface area contributed by atoms with Crippen LogP contribution in [0.1, 0.15) is 61.4 Å². The molecule has 1 atom stereocenters. The average Bonchev–Trinajstić information content (AvgIpc) is 3.20. The van der Waals surface area contributed by atoms with Crippen molar-refractivity contribution in [3.05, 3.63) is 77.9 Å². The number of anilines is 1. The van der Waals surface area contributed by atoms with E-state index >= 15 is 0 Å². The Balaban J connectivity index is 1.38. The third kappa shape index (κ3) is 5.24. The Hall–Kier alpha value is -3.67. The predicted molar refractivity (Wildman–Crippen MR) is 147 cm³/mol. The third-order valence-corrected chi connectivity index (χ3v) is 7.76. The van der Waals surface area contributed by atoms with Gasteiger partial charge in [0.15, 0.2) is 0 Å². The summed E-state index contributed by atoms with van der Waals surface area (Å²) in [4.78, 5) is 43.9. The normalized spacial score (nSPS) is 16.1. The molecule has 0 radical (unpaired) electrons. The van der Waals surface area contributed by atoms with Gasteiger partial charge in [0, 0.05) is 23.5 Å². The SMILES string of the molecule is CC[C@H](C(=O)NC1CCCCC1)N(CCc1ccccc1)C(=O)CN1C(=O)c2cccc3cccc1c23. The first kappa shape index (κ1) is 25.0. The van der Waals surface area contributed by atoms with Gasteiger partial charge in [0.25, 0.3) is 5.91 Å². The number of nitrogens with zero attached hydrogens (tertiary/aromatic N) is 2. The zero-order valence-corrected chi connectivity index (χ0v) is 21.5. The van der Waals surface area contributed by atoms with Crippen molar-refractivity contribution in [1.82, 2.24) is 10.2 Å². The maximum atomic E-state index is 13.9. The molecule has 3 aromatic rings. The molecule has 6 heteroatoms. The highest BCUT2D eigenvalue weighted by Gasteiger charge is 2.35. The molecule has 0 bridgehead atoms. The van der Waals surface area contributed by atoms with Gasteiger partial charge in [0.2, 0.25) is 11.8 Å². The minimum absolute atomic E-state index is 0.0887. The summed E-state index contributed by atoms with van der Waals surface area (Å²) in [5.41, 5.74) is 2.49. The molecular formula is C31H35N3O3. The summed E-state index contributed by atoms with van der Waals surface area (Å²) in [7, 11) is 0. The lowest BCUT2D eigenvalue weighted by atomic mass is 9.95. The highest BCUT2D eigenvalue weighted by Crippen LogP contribution is 2.37. The zero-order chi connectivity index (χ0) is 25.8. The molecule has 1 aliphatic heterocycles. The lowest BCUT2D eigenvalue weighted by Gasteiger charge is -2.33. The van der Waals surface area contributed by atoms with Crippen molar-refractivity contribution < 1.29 is 14.4 Å². The van der Waals surface area contributed by atoms with Crippen molar-refractivity contribution in [3.8, 4) is 0 Å². The van der Waals surface area contributed by atoms with E-state index in [1.807, 2.05) is 73.7 Å². The first-order valence-corrected chi connectivity index (χ1v) is 13.5.